The lowest BCUT2D eigenvalue weighted by atomic mass is 10.1. The molecule has 56 heavy (non-hydrogen) atoms. The average Bonchev–Trinajstić information content (AvgIpc) is 3.16. The first-order chi connectivity index (χ1) is 26.6. The highest BCUT2D eigenvalue weighted by molar-refractivity contribution is 7.89. The fourth-order valence-electron chi connectivity index (χ4n) is 6.82. The Hall–Kier alpha value is -1.92. The van der Waals surface area contributed by atoms with E-state index in [0.717, 1.165) is 29.1 Å². The first kappa shape index (κ1) is 54.1. The van der Waals surface area contributed by atoms with E-state index < -0.39 is 22.0 Å². The highest BCUT2D eigenvalue weighted by atomic mass is 35.5. The van der Waals surface area contributed by atoms with Crippen LogP contribution in [-0.4, -0.2) is 69.6 Å². The van der Waals surface area contributed by atoms with Gasteiger partial charge < -0.3 is 26.3 Å². The van der Waals surface area contributed by atoms with Crippen molar-refractivity contribution in [3.63, 3.8) is 0 Å². The van der Waals surface area contributed by atoms with Crippen molar-refractivity contribution < 1.29 is 22.7 Å². The van der Waals surface area contributed by atoms with Gasteiger partial charge in [-0.2, -0.15) is 0 Å². The molecule has 0 saturated carbocycles. The molecule has 1 aromatic carbocycles. The number of nitrogens with two attached hydrogens (primary N) is 2. The fraction of sp³-hybridized carbons (Fsp3) is 0.818. The summed E-state index contributed by atoms with van der Waals surface area (Å²) in [5.41, 5.74) is 12.7. The maximum Gasteiger partial charge on any atom is 0.266 e. The molecule has 0 heterocycles. The third-order valence-electron chi connectivity index (χ3n) is 10.4. The predicted molar refractivity (Wildman–Crippen MR) is 237 cm³/mol. The van der Waals surface area contributed by atoms with Crippen molar-refractivity contribution in [1.29, 1.82) is 5.41 Å². The van der Waals surface area contributed by atoms with E-state index in [0.29, 0.717) is 26.4 Å². The number of aryl methyl sites for hydroxylation is 1. The highest BCUT2D eigenvalue weighted by Crippen LogP contribution is 2.18. The quantitative estimate of drug-likeness (QED) is 0.0293. The summed E-state index contributed by atoms with van der Waals surface area (Å²) < 4.78 is 39.4. The van der Waals surface area contributed by atoms with Gasteiger partial charge in [-0.15, -0.1) is 12.4 Å². The van der Waals surface area contributed by atoms with Gasteiger partial charge in [0.05, 0.1) is 23.6 Å². The summed E-state index contributed by atoms with van der Waals surface area (Å²) in [6.07, 6.45) is 31.2. The number of nitrogens with one attached hydrogen (secondary N) is 2. The van der Waals surface area contributed by atoms with Gasteiger partial charge in [-0.05, 0) is 50.3 Å². The Bertz CT molecular complexity index is 1210. The molecule has 0 spiro atoms. The molecule has 0 aliphatic carbocycles. The first-order valence-electron chi connectivity index (χ1n) is 22.3. The van der Waals surface area contributed by atoms with Gasteiger partial charge in [-0.1, -0.05) is 167 Å². The molecule has 0 bridgehead atoms. The van der Waals surface area contributed by atoms with Crippen LogP contribution in [0.3, 0.4) is 0 Å². The Morgan fingerprint density at radius 2 is 1.21 bits per heavy atom. The summed E-state index contributed by atoms with van der Waals surface area (Å²) in [6.45, 7) is 8.29. The van der Waals surface area contributed by atoms with Crippen molar-refractivity contribution in [2.45, 2.75) is 205 Å². The number of sulfonamides is 1. The zero-order valence-corrected chi connectivity index (χ0v) is 37.5. The predicted octanol–water partition coefficient (Wildman–Crippen LogP) is 10.3. The Morgan fingerprint density at radius 1 is 0.750 bits per heavy atom. The number of carbonyl (C=O) groups is 1. The number of carbonyl (C=O) groups excluding carboxylic acids is 1. The smallest absolute Gasteiger partial charge is 0.266 e. The summed E-state index contributed by atoms with van der Waals surface area (Å²) in [5.74, 6) is -0.896. The van der Waals surface area contributed by atoms with E-state index in [1.54, 1.807) is 25.1 Å². The lowest BCUT2D eigenvalue weighted by molar-refractivity contribution is -0.123. The monoisotopic (exact) mass is 830 g/mol. The molecule has 1 rings (SSSR count). The number of benzene rings is 1. The number of rotatable bonds is 38. The van der Waals surface area contributed by atoms with E-state index in [1.165, 1.54) is 141 Å². The van der Waals surface area contributed by atoms with E-state index in [1.807, 2.05) is 0 Å². The Balaban J connectivity index is 0.0000302. The lowest BCUT2D eigenvalue weighted by Crippen LogP contribution is -2.46. The molecule has 1 aromatic rings. The lowest BCUT2D eigenvalue weighted by Gasteiger charge is -2.23. The van der Waals surface area contributed by atoms with Crippen molar-refractivity contribution in [3.05, 3.63) is 29.8 Å². The van der Waals surface area contributed by atoms with Crippen LogP contribution in [0.2, 0.25) is 0 Å². The Kier molecular flexibility index (Phi) is 34.9. The summed E-state index contributed by atoms with van der Waals surface area (Å²) >= 11 is 0. The maximum atomic E-state index is 13.2. The number of hydrogen-bond acceptors (Lipinski definition) is 7. The van der Waals surface area contributed by atoms with Gasteiger partial charge in [0, 0.05) is 26.3 Å². The van der Waals surface area contributed by atoms with Crippen LogP contribution >= 0.6 is 12.4 Å². The molecule has 12 heteroatoms. The average molecular weight is 831 g/mol. The minimum atomic E-state index is -4.00. The number of amides is 1. The van der Waals surface area contributed by atoms with Crippen LogP contribution in [0.4, 0.5) is 0 Å². The fourth-order valence-corrected chi connectivity index (χ4v) is 8.29. The molecular formula is C44H84ClN5O5S. The Labute approximate surface area is 349 Å². The van der Waals surface area contributed by atoms with Gasteiger partial charge >= 0.3 is 0 Å². The summed E-state index contributed by atoms with van der Waals surface area (Å²) in [5, 5.41) is 10.8. The van der Waals surface area contributed by atoms with E-state index in [9.17, 15) is 13.2 Å². The molecule has 10 nitrogen and oxygen atoms in total. The minimum Gasteiger partial charge on any atom is -0.379 e. The van der Waals surface area contributed by atoms with Crippen LogP contribution in [0.5, 0.6) is 0 Å². The zero-order valence-electron chi connectivity index (χ0n) is 35.8. The first-order valence-corrected chi connectivity index (χ1v) is 23.7. The largest absolute Gasteiger partial charge is 0.379 e. The zero-order chi connectivity index (χ0) is 40.4. The van der Waals surface area contributed by atoms with E-state index in [2.05, 4.69) is 19.2 Å². The third kappa shape index (κ3) is 27.7. The van der Waals surface area contributed by atoms with E-state index in [4.69, 9.17) is 26.4 Å². The second kappa shape index (κ2) is 36.2. The minimum absolute atomic E-state index is 0. The number of hydrogen-bond donors (Lipinski definition) is 4. The molecule has 1 amide bonds. The molecule has 328 valence electrons. The summed E-state index contributed by atoms with van der Waals surface area (Å²) in [4.78, 5) is 13.0. The standard InChI is InChI=1S/C44H83N5O5S.ClH/c1-4-6-8-10-12-14-16-18-20-22-24-26-34-53-38-40(54-35-27-25-23-21-19-17-15-13-11-9-7-5-2)37-48-43(50)42(45)32-29-33-49(44(46)47)55(51,52)41-31-28-30-39(3)36-41;/h28,30-31,36,40,42H,4-27,29,32-35,37-38,45H2,1-3H3,(H3,46,47)(H,48,50);1H/t40?,42-;/m0./s1. The molecule has 6 N–H and O–H groups in total. The molecular weight excluding hydrogens is 746 g/mol. The van der Waals surface area contributed by atoms with Gasteiger partial charge in [-0.25, -0.2) is 12.7 Å². The second-order valence-corrected chi connectivity index (χ2v) is 17.5. The number of ether oxygens (including phenoxy) is 2. The van der Waals surface area contributed by atoms with Crippen molar-refractivity contribution in [3.8, 4) is 0 Å². The Morgan fingerprint density at radius 3 is 1.68 bits per heavy atom. The van der Waals surface area contributed by atoms with Crippen LogP contribution in [0, 0.1) is 12.3 Å². The normalized spacial score (nSPS) is 12.6. The third-order valence-corrected chi connectivity index (χ3v) is 12.2. The van der Waals surface area contributed by atoms with Gasteiger partial charge in [0.1, 0.15) is 0 Å². The highest BCUT2D eigenvalue weighted by Gasteiger charge is 2.26. The van der Waals surface area contributed by atoms with Crippen LogP contribution < -0.4 is 16.8 Å². The summed E-state index contributed by atoms with van der Waals surface area (Å²) in [6, 6.07) is 5.64. The second-order valence-electron chi connectivity index (χ2n) is 15.6. The van der Waals surface area contributed by atoms with Gasteiger partial charge in [-0.3, -0.25) is 10.2 Å². The van der Waals surface area contributed by atoms with Crippen LogP contribution in [-0.2, 0) is 24.3 Å². The van der Waals surface area contributed by atoms with E-state index >= 15 is 0 Å². The topological polar surface area (TPSA) is 161 Å². The number of guanidine groups is 1. The molecule has 0 fully saturated rings. The SMILES string of the molecule is CCCCCCCCCCCCCCOCC(CNC(=O)[C@@H](N)CCCN(C(=N)N)S(=O)(=O)c1cccc(C)c1)OCCCCCCCCCCCCCC.Cl. The van der Waals surface area contributed by atoms with Crippen LogP contribution in [0.25, 0.3) is 0 Å². The molecule has 0 aliphatic rings. The number of halogens is 1. The van der Waals surface area contributed by atoms with Crippen molar-refractivity contribution in [1.82, 2.24) is 9.62 Å². The van der Waals surface area contributed by atoms with Crippen LogP contribution in [0.1, 0.15) is 186 Å². The molecule has 0 saturated heterocycles. The van der Waals surface area contributed by atoms with Crippen LogP contribution in [0.15, 0.2) is 29.2 Å². The van der Waals surface area contributed by atoms with Crippen molar-refractivity contribution >= 4 is 34.3 Å². The number of unbranched alkanes of at least 4 members (excludes halogenated alkanes) is 22. The molecule has 0 aliphatic heterocycles. The molecule has 0 radical (unpaired) electrons. The van der Waals surface area contributed by atoms with Gasteiger partial charge in [0.15, 0.2) is 0 Å². The summed E-state index contributed by atoms with van der Waals surface area (Å²) in [7, 11) is -4.00. The number of nitrogens with zero attached hydrogens (tertiary/aromatic N) is 1. The van der Waals surface area contributed by atoms with Crippen molar-refractivity contribution in [2.24, 2.45) is 11.5 Å². The molecule has 1 unspecified atom stereocenters. The van der Waals surface area contributed by atoms with Gasteiger partial charge in [0.25, 0.3) is 10.0 Å². The van der Waals surface area contributed by atoms with Crippen molar-refractivity contribution in [2.75, 3.05) is 32.9 Å². The maximum absolute atomic E-state index is 13.2. The van der Waals surface area contributed by atoms with E-state index in [-0.39, 0.29) is 48.7 Å². The van der Waals surface area contributed by atoms with Gasteiger partial charge in [0.2, 0.25) is 11.9 Å². The molecule has 2 atom stereocenters. The molecule has 0 aromatic heterocycles.